The van der Waals surface area contributed by atoms with Crippen molar-refractivity contribution in [1.29, 1.82) is 0 Å². The van der Waals surface area contributed by atoms with Crippen LogP contribution in [0, 0.1) is 0 Å². The largest absolute Gasteiger partial charge is 0.489 e. The lowest BCUT2D eigenvalue weighted by molar-refractivity contribution is -0.114. The van der Waals surface area contributed by atoms with Gasteiger partial charge in [0, 0.05) is 0 Å². The van der Waals surface area contributed by atoms with Crippen LogP contribution in [0.2, 0.25) is 0 Å². The van der Waals surface area contributed by atoms with Gasteiger partial charge in [0.15, 0.2) is 0 Å². The number of hydrogen-bond acceptors (Lipinski definition) is 4. The van der Waals surface area contributed by atoms with Gasteiger partial charge in [0.2, 0.25) is 5.91 Å². The lowest BCUT2D eigenvalue weighted by Crippen LogP contribution is -2.37. The fraction of sp³-hybridized carbons (Fsp3) is 0.222. The Morgan fingerprint density at radius 1 is 1.50 bits per heavy atom. The average Bonchev–Trinajstić information content (AvgIpc) is 2.26. The van der Waals surface area contributed by atoms with Crippen molar-refractivity contribution >= 4 is 35.8 Å². The molecule has 18 heavy (non-hydrogen) atoms. The van der Waals surface area contributed by atoms with E-state index < -0.39 is 36.0 Å². The monoisotopic (exact) mass is 278 g/mol. The molecule has 0 unspecified atom stereocenters. The molecule has 0 saturated carbocycles. The predicted molar refractivity (Wildman–Crippen MR) is 63.7 cm³/mol. The van der Waals surface area contributed by atoms with Gasteiger partial charge in [-0.25, -0.2) is 0 Å². The molecule has 0 atom stereocenters. The Morgan fingerprint density at radius 3 is 2.56 bits per heavy atom. The third-order valence-corrected chi connectivity index (χ3v) is 2.31. The highest BCUT2D eigenvalue weighted by Crippen LogP contribution is 2.36. The summed E-state index contributed by atoms with van der Waals surface area (Å²) in [7, 11) is -2.14. The van der Waals surface area contributed by atoms with E-state index in [1.807, 2.05) is 0 Å². The van der Waals surface area contributed by atoms with Gasteiger partial charge in [-0.05, 0) is 23.1 Å². The molecule has 5 N–H and O–H groups in total. The minimum atomic E-state index is -3.86. The summed E-state index contributed by atoms with van der Waals surface area (Å²) in [6, 6.07) is 3.49. The number of nitrogens with one attached hydrogen (secondary N) is 1. The quantitative estimate of drug-likeness (QED) is 0.443. The van der Waals surface area contributed by atoms with Gasteiger partial charge in [0.25, 0.3) is 0 Å². The minimum absolute atomic E-state index is 0.323. The van der Waals surface area contributed by atoms with Crippen molar-refractivity contribution in [3.05, 3.63) is 23.8 Å². The first kappa shape index (κ1) is 14.8. The van der Waals surface area contributed by atoms with Crippen molar-refractivity contribution in [2.75, 3.05) is 11.9 Å². The van der Waals surface area contributed by atoms with Crippen LogP contribution in [0.15, 0.2) is 18.2 Å². The third-order valence-electron chi connectivity index (χ3n) is 2.12. The van der Waals surface area contributed by atoms with Crippen LogP contribution in [0.3, 0.4) is 0 Å². The van der Waals surface area contributed by atoms with Gasteiger partial charge in [-0.3, -0.25) is 4.79 Å². The Bertz CT molecular complexity index is 454. The fourth-order valence-electron chi connectivity index (χ4n) is 1.41. The molecule has 9 heteroatoms. The van der Waals surface area contributed by atoms with Gasteiger partial charge in [-0.15, -0.1) is 0 Å². The minimum Gasteiger partial charge on any atom is -0.423 e. The van der Waals surface area contributed by atoms with Crippen LogP contribution in [0.25, 0.3) is 0 Å². The van der Waals surface area contributed by atoms with Crippen molar-refractivity contribution in [2.24, 2.45) is 5.73 Å². The van der Waals surface area contributed by atoms with Gasteiger partial charge in [-0.1, -0.05) is 12.1 Å². The maximum Gasteiger partial charge on any atom is 0.489 e. The zero-order valence-electron chi connectivity index (χ0n) is 9.03. The third kappa shape index (κ3) is 3.39. The first-order valence-electron chi connectivity index (χ1n) is 4.83. The maximum atomic E-state index is 13.3. The number of carbonyl (C=O) groups is 1. The van der Waals surface area contributed by atoms with E-state index in [1.54, 1.807) is 0 Å². The van der Waals surface area contributed by atoms with E-state index in [9.17, 15) is 13.6 Å². The van der Waals surface area contributed by atoms with E-state index in [-0.39, 0.29) is 5.69 Å². The summed E-state index contributed by atoms with van der Waals surface area (Å²) in [5.41, 5.74) is 3.36. The van der Waals surface area contributed by atoms with E-state index in [0.717, 1.165) is 12.1 Å². The normalized spacial score (nSPS) is 11.2. The first-order valence-corrected chi connectivity index (χ1v) is 5.21. The van der Waals surface area contributed by atoms with Crippen LogP contribution in [-0.4, -0.2) is 29.6 Å². The number of amides is 1. The molecule has 0 heterocycles. The molecule has 0 saturated heterocycles. The molecule has 5 nitrogen and oxygen atoms in total. The summed E-state index contributed by atoms with van der Waals surface area (Å²) in [6.45, 7) is -0.404. The summed E-state index contributed by atoms with van der Waals surface area (Å²) in [5.74, 6) is -0.707. The molecule has 0 radical (unpaired) electrons. The second-order valence-corrected chi connectivity index (χ2v) is 3.87. The molecule has 0 aliphatic carbocycles. The lowest BCUT2D eigenvalue weighted by Gasteiger charge is -2.18. The molecule has 0 bridgehead atoms. The number of anilines is 1. The molecule has 0 fully saturated rings. The summed E-state index contributed by atoms with van der Waals surface area (Å²) in [6.07, 6.45) is 0. The van der Waals surface area contributed by atoms with E-state index >= 15 is 0 Å². The summed E-state index contributed by atoms with van der Waals surface area (Å²) in [5, 5.41) is 16.3. The average molecular weight is 278 g/mol. The SMILES string of the molecule is NCC(=O)Nc1cccc(B(O)O)c1C(F)(F)Cl. The Morgan fingerprint density at radius 2 is 2.11 bits per heavy atom. The van der Waals surface area contributed by atoms with Gasteiger partial charge >= 0.3 is 12.5 Å². The standard InChI is InChI=1S/C9H10BClF2N2O3/c11-9(12,13)8-5(10(17)18)2-1-3-6(8)15-7(16)4-14/h1-3,17-18H,4,14H2,(H,15,16). The van der Waals surface area contributed by atoms with Crippen LogP contribution in [0.4, 0.5) is 14.5 Å². The van der Waals surface area contributed by atoms with Crippen LogP contribution in [0.1, 0.15) is 5.56 Å². The number of benzene rings is 1. The predicted octanol–water partition coefficient (Wildman–Crippen LogP) is -0.448. The summed E-state index contributed by atoms with van der Waals surface area (Å²) in [4.78, 5) is 11.1. The number of halogens is 3. The molecule has 0 aromatic heterocycles. The molecular formula is C9H10BClF2N2O3. The highest BCUT2D eigenvalue weighted by atomic mass is 35.5. The van der Waals surface area contributed by atoms with E-state index in [1.165, 1.54) is 6.07 Å². The van der Waals surface area contributed by atoms with Crippen molar-refractivity contribution in [2.45, 2.75) is 5.38 Å². The molecule has 0 spiro atoms. The number of rotatable bonds is 4. The first-order chi connectivity index (χ1) is 8.27. The fourth-order valence-corrected chi connectivity index (χ4v) is 1.62. The molecule has 1 aromatic carbocycles. The van der Waals surface area contributed by atoms with Gasteiger partial charge in [-0.2, -0.15) is 8.78 Å². The second-order valence-electron chi connectivity index (χ2n) is 3.39. The van der Waals surface area contributed by atoms with Crippen molar-refractivity contribution in [1.82, 2.24) is 0 Å². The highest BCUT2D eigenvalue weighted by Gasteiger charge is 2.36. The van der Waals surface area contributed by atoms with Crippen LogP contribution in [0.5, 0.6) is 0 Å². The Hall–Kier alpha value is -1.22. The number of hydrogen-bond donors (Lipinski definition) is 4. The van der Waals surface area contributed by atoms with Crippen molar-refractivity contribution < 1.29 is 23.6 Å². The number of alkyl halides is 3. The van der Waals surface area contributed by atoms with Crippen LogP contribution in [-0.2, 0) is 10.2 Å². The summed E-state index contributed by atoms with van der Waals surface area (Å²) >= 11 is 4.90. The second kappa shape index (κ2) is 5.62. The van der Waals surface area contributed by atoms with Crippen LogP contribution >= 0.6 is 11.6 Å². The molecule has 1 aromatic rings. The molecule has 98 valence electrons. The Labute approximate surface area is 107 Å². The summed E-state index contributed by atoms with van der Waals surface area (Å²) < 4.78 is 26.5. The number of carbonyl (C=O) groups excluding carboxylic acids is 1. The zero-order valence-corrected chi connectivity index (χ0v) is 9.79. The Kier molecular flexibility index (Phi) is 4.63. The highest BCUT2D eigenvalue weighted by molar-refractivity contribution is 6.59. The molecule has 0 aliphatic heterocycles. The maximum absolute atomic E-state index is 13.3. The van der Waals surface area contributed by atoms with Crippen molar-refractivity contribution in [3.63, 3.8) is 0 Å². The van der Waals surface area contributed by atoms with E-state index in [2.05, 4.69) is 5.32 Å². The molecule has 1 amide bonds. The lowest BCUT2D eigenvalue weighted by atomic mass is 9.76. The molecule has 0 aliphatic rings. The molecule has 1 rings (SSSR count). The Balaban J connectivity index is 3.33. The van der Waals surface area contributed by atoms with Crippen LogP contribution < -0.4 is 16.5 Å². The van der Waals surface area contributed by atoms with Gasteiger partial charge < -0.3 is 21.1 Å². The van der Waals surface area contributed by atoms with Gasteiger partial charge in [0.1, 0.15) is 0 Å². The van der Waals surface area contributed by atoms with Crippen molar-refractivity contribution in [3.8, 4) is 0 Å². The topological polar surface area (TPSA) is 95.6 Å². The van der Waals surface area contributed by atoms with Gasteiger partial charge in [0.05, 0.1) is 17.8 Å². The smallest absolute Gasteiger partial charge is 0.423 e. The van der Waals surface area contributed by atoms with E-state index in [0.29, 0.717) is 0 Å². The zero-order chi connectivity index (χ0) is 13.9. The van der Waals surface area contributed by atoms with E-state index in [4.69, 9.17) is 27.4 Å². The number of nitrogens with two attached hydrogens (primary N) is 1. The molecular weight excluding hydrogens is 268 g/mol.